The van der Waals surface area contributed by atoms with Crippen LogP contribution in [-0.4, -0.2) is 9.97 Å². The normalized spacial score (nSPS) is 10.7. The molecule has 118 valence electrons. The number of ether oxygens (including phenoxy) is 1. The first-order valence-corrected chi connectivity index (χ1v) is 7.85. The Morgan fingerprint density at radius 3 is 2.38 bits per heavy atom. The molecule has 1 aromatic heterocycles. The third kappa shape index (κ3) is 3.22. The van der Waals surface area contributed by atoms with Gasteiger partial charge >= 0.3 is 0 Å². The predicted molar refractivity (Wildman–Crippen MR) is 96.6 cm³/mol. The maximum Gasteiger partial charge on any atom is 0.205 e. The molecule has 0 unspecified atom stereocenters. The van der Waals surface area contributed by atoms with Gasteiger partial charge in [-0.1, -0.05) is 42.5 Å². The number of aromatic nitrogens is 2. The van der Waals surface area contributed by atoms with Crippen molar-refractivity contribution in [2.45, 2.75) is 6.61 Å². The maximum absolute atomic E-state index is 5.79. The van der Waals surface area contributed by atoms with Gasteiger partial charge in [-0.3, -0.25) is 0 Å². The molecule has 24 heavy (non-hydrogen) atoms. The molecule has 3 aromatic carbocycles. The van der Waals surface area contributed by atoms with E-state index >= 15 is 0 Å². The van der Waals surface area contributed by atoms with Crippen molar-refractivity contribution in [3.05, 3.63) is 84.4 Å². The summed E-state index contributed by atoms with van der Waals surface area (Å²) >= 11 is 0. The minimum absolute atomic E-state index is 0.567. The molecule has 0 amide bonds. The van der Waals surface area contributed by atoms with Crippen molar-refractivity contribution in [2.24, 2.45) is 0 Å². The summed E-state index contributed by atoms with van der Waals surface area (Å²) in [4.78, 5) is 7.76. The molecule has 4 nitrogen and oxygen atoms in total. The highest BCUT2D eigenvalue weighted by molar-refractivity contribution is 5.78. The number of para-hydroxylation sites is 2. The monoisotopic (exact) mass is 315 g/mol. The zero-order valence-electron chi connectivity index (χ0n) is 13.1. The highest BCUT2D eigenvalue weighted by atomic mass is 16.5. The van der Waals surface area contributed by atoms with Crippen molar-refractivity contribution in [2.75, 3.05) is 5.32 Å². The Hall–Kier alpha value is -3.27. The molecule has 0 aliphatic carbocycles. The number of nitrogens with one attached hydrogen (secondary N) is 2. The highest BCUT2D eigenvalue weighted by Gasteiger charge is 2.02. The van der Waals surface area contributed by atoms with Gasteiger partial charge in [0.15, 0.2) is 0 Å². The number of aromatic amines is 1. The fourth-order valence-corrected chi connectivity index (χ4v) is 2.52. The van der Waals surface area contributed by atoms with Gasteiger partial charge < -0.3 is 15.0 Å². The number of benzene rings is 3. The fraction of sp³-hybridized carbons (Fsp3) is 0.0500. The van der Waals surface area contributed by atoms with Gasteiger partial charge in [0.25, 0.3) is 0 Å². The first-order valence-electron chi connectivity index (χ1n) is 7.85. The summed E-state index contributed by atoms with van der Waals surface area (Å²) in [7, 11) is 0. The minimum Gasteiger partial charge on any atom is -0.489 e. The smallest absolute Gasteiger partial charge is 0.205 e. The van der Waals surface area contributed by atoms with Gasteiger partial charge in [-0.05, 0) is 42.0 Å². The number of imidazole rings is 1. The third-order valence-electron chi connectivity index (χ3n) is 3.75. The molecule has 0 atom stereocenters. The second-order valence-electron chi connectivity index (χ2n) is 5.53. The Morgan fingerprint density at radius 2 is 1.58 bits per heavy atom. The van der Waals surface area contributed by atoms with Crippen LogP contribution < -0.4 is 10.1 Å². The Balaban J connectivity index is 1.41. The van der Waals surface area contributed by atoms with Crippen LogP contribution >= 0.6 is 0 Å². The van der Waals surface area contributed by atoms with Crippen LogP contribution in [0.25, 0.3) is 11.0 Å². The van der Waals surface area contributed by atoms with Crippen molar-refractivity contribution in [3.8, 4) is 5.75 Å². The van der Waals surface area contributed by atoms with E-state index in [1.54, 1.807) is 0 Å². The van der Waals surface area contributed by atoms with E-state index in [-0.39, 0.29) is 0 Å². The molecule has 0 spiro atoms. The van der Waals surface area contributed by atoms with Crippen LogP contribution in [-0.2, 0) is 6.61 Å². The molecule has 4 aromatic rings. The zero-order chi connectivity index (χ0) is 16.2. The second-order valence-corrected chi connectivity index (χ2v) is 5.53. The van der Waals surface area contributed by atoms with Gasteiger partial charge in [-0.15, -0.1) is 0 Å². The Morgan fingerprint density at radius 1 is 0.833 bits per heavy atom. The van der Waals surface area contributed by atoms with Crippen molar-refractivity contribution < 1.29 is 4.74 Å². The standard InChI is InChI=1S/C20H17N3O/c1-2-6-15(7-3-1)14-24-17-12-10-16(11-13-17)21-20-22-18-8-4-5-9-19(18)23-20/h1-13H,14H2,(H2,21,22,23). The number of hydrogen-bond donors (Lipinski definition) is 2. The van der Waals surface area contributed by atoms with E-state index in [4.69, 9.17) is 4.74 Å². The van der Waals surface area contributed by atoms with E-state index in [2.05, 4.69) is 27.4 Å². The molecule has 0 radical (unpaired) electrons. The van der Waals surface area contributed by atoms with Crippen LogP contribution in [0.2, 0.25) is 0 Å². The minimum atomic E-state index is 0.567. The molecule has 4 rings (SSSR count). The summed E-state index contributed by atoms with van der Waals surface area (Å²) in [5, 5.41) is 3.27. The maximum atomic E-state index is 5.79. The number of hydrogen-bond acceptors (Lipinski definition) is 3. The second kappa shape index (κ2) is 6.46. The molecule has 0 bridgehead atoms. The molecule has 0 fully saturated rings. The Bertz CT molecular complexity index is 897. The van der Waals surface area contributed by atoms with Gasteiger partial charge in [0, 0.05) is 5.69 Å². The number of rotatable bonds is 5. The average molecular weight is 315 g/mol. The summed E-state index contributed by atoms with van der Waals surface area (Å²) in [5.41, 5.74) is 4.08. The van der Waals surface area contributed by atoms with Crippen LogP contribution in [0.15, 0.2) is 78.9 Å². The molecule has 1 heterocycles. The number of anilines is 2. The molecule has 4 heteroatoms. The molecule has 0 aliphatic rings. The van der Waals surface area contributed by atoms with Gasteiger partial charge in [0.2, 0.25) is 5.95 Å². The highest BCUT2D eigenvalue weighted by Crippen LogP contribution is 2.21. The van der Waals surface area contributed by atoms with Gasteiger partial charge in [0.1, 0.15) is 12.4 Å². The fourth-order valence-electron chi connectivity index (χ4n) is 2.52. The van der Waals surface area contributed by atoms with E-state index < -0.39 is 0 Å². The third-order valence-corrected chi connectivity index (χ3v) is 3.75. The van der Waals surface area contributed by atoms with Gasteiger partial charge in [-0.2, -0.15) is 0 Å². The summed E-state index contributed by atoms with van der Waals surface area (Å²) < 4.78 is 5.79. The molecule has 0 saturated carbocycles. The summed E-state index contributed by atoms with van der Waals surface area (Å²) in [5.74, 6) is 1.57. The summed E-state index contributed by atoms with van der Waals surface area (Å²) in [6.45, 7) is 0.567. The number of nitrogens with zero attached hydrogens (tertiary/aromatic N) is 1. The van der Waals surface area contributed by atoms with Gasteiger partial charge in [0.05, 0.1) is 11.0 Å². The van der Waals surface area contributed by atoms with Crippen molar-refractivity contribution in [1.82, 2.24) is 9.97 Å². The largest absolute Gasteiger partial charge is 0.489 e. The zero-order valence-corrected chi connectivity index (χ0v) is 13.1. The quantitative estimate of drug-likeness (QED) is 0.551. The van der Waals surface area contributed by atoms with Crippen LogP contribution in [0.4, 0.5) is 11.6 Å². The van der Waals surface area contributed by atoms with Crippen molar-refractivity contribution >= 4 is 22.7 Å². The van der Waals surface area contributed by atoms with Crippen LogP contribution in [0.5, 0.6) is 5.75 Å². The lowest BCUT2D eigenvalue weighted by molar-refractivity contribution is 0.306. The lowest BCUT2D eigenvalue weighted by atomic mass is 10.2. The number of fused-ring (bicyclic) bond motifs is 1. The first-order chi connectivity index (χ1) is 11.9. The lowest BCUT2D eigenvalue weighted by Gasteiger charge is -2.08. The topological polar surface area (TPSA) is 49.9 Å². The average Bonchev–Trinajstić information content (AvgIpc) is 3.04. The van der Waals surface area contributed by atoms with Crippen LogP contribution in [0.3, 0.4) is 0 Å². The molecular formula is C20H17N3O. The lowest BCUT2D eigenvalue weighted by Crippen LogP contribution is -1.96. The van der Waals surface area contributed by atoms with E-state index in [1.807, 2.05) is 66.7 Å². The first kappa shape index (κ1) is 14.3. The van der Waals surface area contributed by atoms with Crippen LogP contribution in [0, 0.1) is 0 Å². The van der Waals surface area contributed by atoms with E-state index in [0.29, 0.717) is 6.61 Å². The molecule has 0 aliphatic heterocycles. The number of H-pyrrole nitrogens is 1. The SMILES string of the molecule is c1ccc(COc2ccc(Nc3nc4ccccc4[nH]3)cc2)cc1. The van der Waals surface area contributed by atoms with E-state index in [9.17, 15) is 0 Å². The van der Waals surface area contributed by atoms with Gasteiger partial charge in [-0.25, -0.2) is 4.98 Å². The summed E-state index contributed by atoms with van der Waals surface area (Å²) in [6.07, 6.45) is 0. The van der Waals surface area contributed by atoms with Crippen molar-refractivity contribution in [1.29, 1.82) is 0 Å². The predicted octanol–water partition coefficient (Wildman–Crippen LogP) is 4.89. The van der Waals surface area contributed by atoms with Crippen LogP contribution in [0.1, 0.15) is 5.56 Å². The summed E-state index contributed by atoms with van der Waals surface area (Å²) in [6, 6.07) is 26.0. The van der Waals surface area contributed by atoms with E-state index in [0.717, 1.165) is 34.0 Å². The van der Waals surface area contributed by atoms with E-state index in [1.165, 1.54) is 0 Å². The van der Waals surface area contributed by atoms with Crippen molar-refractivity contribution in [3.63, 3.8) is 0 Å². The molecule has 0 saturated heterocycles. The Labute approximate surface area is 140 Å². The molecule has 2 N–H and O–H groups in total. The Kier molecular flexibility index (Phi) is 3.86. The molecular weight excluding hydrogens is 298 g/mol.